The van der Waals surface area contributed by atoms with E-state index in [1.165, 1.54) is 12.1 Å². The Labute approximate surface area is 166 Å². The van der Waals surface area contributed by atoms with Gasteiger partial charge in [0.1, 0.15) is 11.5 Å². The third kappa shape index (κ3) is 4.18. The molecular formula is C20H20ClFN4O2. The highest BCUT2D eigenvalue weighted by Crippen LogP contribution is 2.30. The zero-order valence-electron chi connectivity index (χ0n) is 15.0. The monoisotopic (exact) mass is 402 g/mol. The Hall–Kier alpha value is -2.45. The normalized spacial score (nSPS) is 18.0. The van der Waals surface area contributed by atoms with E-state index in [1.54, 1.807) is 29.1 Å². The van der Waals surface area contributed by atoms with Crippen LogP contribution in [-0.2, 0) is 4.74 Å². The molecule has 0 saturated carbocycles. The van der Waals surface area contributed by atoms with Crippen LogP contribution in [0.25, 0.3) is 5.69 Å². The number of morpholine rings is 1. The summed E-state index contributed by atoms with van der Waals surface area (Å²) in [6.07, 6.45) is 0.625. The first-order valence-electron chi connectivity index (χ1n) is 8.98. The molecule has 2 unspecified atom stereocenters. The van der Waals surface area contributed by atoms with Crippen molar-refractivity contribution in [3.8, 4) is 5.69 Å². The van der Waals surface area contributed by atoms with Gasteiger partial charge in [-0.05, 0) is 48.0 Å². The predicted molar refractivity (Wildman–Crippen MR) is 105 cm³/mol. The van der Waals surface area contributed by atoms with E-state index in [9.17, 15) is 9.50 Å². The Balaban J connectivity index is 1.46. The number of hydrogen-bond acceptors (Lipinski definition) is 5. The lowest BCUT2D eigenvalue weighted by Crippen LogP contribution is -2.33. The van der Waals surface area contributed by atoms with Crippen LogP contribution < -0.4 is 10.6 Å². The van der Waals surface area contributed by atoms with Gasteiger partial charge in [-0.3, -0.25) is 0 Å². The summed E-state index contributed by atoms with van der Waals surface area (Å²) in [5.74, 6) is -0.315. The van der Waals surface area contributed by atoms with E-state index in [2.05, 4.69) is 15.7 Å². The van der Waals surface area contributed by atoms with Gasteiger partial charge in [0.2, 0.25) is 0 Å². The molecular weight excluding hydrogens is 383 g/mol. The quantitative estimate of drug-likeness (QED) is 0.570. The maximum atomic E-state index is 13.1. The van der Waals surface area contributed by atoms with Crippen LogP contribution in [0.3, 0.4) is 0 Å². The summed E-state index contributed by atoms with van der Waals surface area (Å²) in [5, 5.41) is 21.6. The molecule has 8 heteroatoms. The molecule has 0 amide bonds. The average Bonchev–Trinajstić information content (AvgIpc) is 3.21. The van der Waals surface area contributed by atoms with Gasteiger partial charge in [0.25, 0.3) is 0 Å². The summed E-state index contributed by atoms with van der Waals surface area (Å²) in [7, 11) is 0. The summed E-state index contributed by atoms with van der Waals surface area (Å²) in [4.78, 5) is 0. The van der Waals surface area contributed by atoms with Crippen LogP contribution >= 0.6 is 11.6 Å². The topological polar surface area (TPSA) is 71.3 Å². The summed E-state index contributed by atoms with van der Waals surface area (Å²) in [6, 6.07) is 13.2. The number of nitrogens with one attached hydrogen (secondary N) is 2. The highest BCUT2D eigenvalue weighted by Gasteiger charge is 2.18. The van der Waals surface area contributed by atoms with Crippen LogP contribution in [0.4, 0.5) is 10.1 Å². The molecule has 3 N–H and O–H groups in total. The molecule has 4 rings (SSSR count). The van der Waals surface area contributed by atoms with Crippen molar-refractivity contribution >= 4 is 17.3 Å². The Morgan fingerprint density at radius 3 is 2.79 bits per heavy atom. The molecule has 0 radical (unpaired) electrons. The van der Waals surface area contributed by atoms with Gasteiger partial charge in [-0.1, -0.05) is 17.7 Å². The summed E-state index contributed by atoms with van der Waals surface area (Å²) < 4.78 is 20.4. The lowest BCUT2D eigenvalue weighted by atomic mass is 10.1. The molecule has 0 aliphatic carbocycles. The van der Waals surface area contributed by atoms with Crippen LogP contribution in [0.15, 0.2) is 54.7 Å². The number of hydrogen-bond donors (Lipinski definition) is 3. The number of anilines is 1. The zero-order chi connectivity index (χ0) is 19.5. The average molecular weight is 403 g/mol. The van der Waals surface area contributed by atoms with Gasteiger partial charge in [-0.25, -0.2) is 9.07 Å². The van der Waals surface area contributed by atoms with Crippen LogP contribution in [0, 0.1) is 5.82 Å². The number of aliphatic hydroxyl groups excluding tert-OH is 1. The second-order valence-electron chi connectivity index (χ2n) is 6.51. The van der Waals surface area contributed by atoms with Crippen molar-refractivity contribution in [1.82, 2.24) is 15.1 Å². The molecule has 2 heterocycles. The number of aromatic nitrogens is 2. The summed E-state index contributed by atoms with van der Waals surface area (Å²) >= 11 is 6.39. The van der Waals surface area contributed by atoms with Crippen LogP contribution in [0.5, 0.6) is 0 Å². The lowest BCUT2D eigenvalue weighted by molar-refractivity contribution is 0.0277. The lowest BCUT2D eigenvalue weighted by Gasteiger charge is -2.24. The molecule has 2 atom stereocenters. The molecule has 3 aromatic rings. The Kier molecular flexibility index (Phi) is 5.59. The van der Waals surface area contributed by atoms with Crippen molar-refractivity contribution < 1.29 is 14.2 Å². The van der Waals surface area contributed by atoms with Crippen molar-refractivity contribution in [3.63, 3.8) is 0 Å². The Morgan fingerprint density at radius 2 is 2.07 bits per heavy atom. The van der Waals surface area contributed by atoms with Gasteiger partial charge in [0.05, 0.1) is 29.1 Å². The van der Waals surface area contributed by atoms with E-state index >= 15 is 0 Å². The number of ether oxygens (including phenoxy) is 1. The minimum absolute atomic E-state index is 0.0309. The standard InChI is InChI=1S/C20H20ClFN4O2/c21-16-11-13(19-12-23-8-10-28-19)1-6-17(16)24-20(27)18-7-9-26(25-18)15-4-2-14(22)3-5-15/h1-7,9,11,19-20,23-24,27H,8,10,12H2. The smallest absolute Gasteiger partial charge is 0.169 e. The van der Waals surface area contributed by atoms with Crippen molar-refractivity contribution in [3.05, 3.63) is 76.8 Å². The summed E-state index contributed by atoms with van der Waals surface area (Å²) in [5.41, 5.74) is 2.70. The van der Waals surface area contributed by atoms with Crippen LogP contribution in [-0.4, -0.2) is 34.6 Å². The molecule has 2 aromatic carbocycles. The molecule has 1 aliphatic heterocycles. The van der Waals surface area contributed by atoms with Crippen molar-refractivity contribution in [2.24, 2.45) is 0 Å². The Morgan fingerprint density at radius 1 is 1.25 bits per heavy atom. The van der Waals surface area contributed by atoms with Gasteiger partial charge in [0, 0.05) is 19.3 Å². The molecule has 0 spiro atoms. The van der Waals surface area contributed by atoms with Crippen molar-refractivity contribution in [2.75, 3.05) is 25.0 Å². The molecule has 1 aromatic heterocycles. The molecule has 6 nitrogen and oxygen atoms in total. The van der Waals surface area contributed by atoms with Gasteiger partial charge in [0.15, 0.2) is 6.23 Å². The van der Waals surface area contributed by atoms with E-state index in [0.29, 0.717) is 28.7 Å². The first-order chi connectivity index (χ1) is 13.6. The number of nitrogens with zero attached hydrogens (tertiary/aromatic N) is 2. The largest absolute Gasteiger partial charge is 0.371 e. The number of halogens is 2. The van der Waals surface area contributed by atoms with Crippen LogP contribution in [0.1, 0.15) is 23.6 Å². The second-order valence-corrected chi connectivity index (χ2v) is 6.92. The molecule has 0 bridgehead atoms. The van der Waals surface area contributed by atoms with Crippen molar-refractivity contribution in [2.45, 2.75) is 12.3 Å². The molecule has 1 aliphatic rings. The number of benzene rings is 2. The minimum atomic E-state index is -1.04. The molecule has 28 heavy (non-hydrogen) atoms. The van der Waals surface area contributed by atoms with E-state index in [0.717, 1.165) is 18.7 Å². The fourth-order valence-corrected chi connectivity index (χ4v) is 3.31. The predicted octanol–water partition coefficient (Wildman–Crippen LogP) is 3.43. The molecule has 1 saturated heterocycles. The fraction of sp³-hybridized carbons (Fsp3) is 0.250. The molecule has 146 valence electrons. The minimum Gasteiger partial charge on any atom is -0.371 e. The van der Waals surface area contributed by atoms with E-state index < -0.39 is 6.23 Å². The van der Waals surface area contributed by atoms with Gasteiger partial charge in [-0.2, -0.15) is 5.10 Å². The van der Waals surface area contributed by atoms with Gasteiger partial charge in [-0.15, -0.1) is 0 Å². The first kappa shape index (κ1) is 18.9. The van der Waals surface area contributed by atoms with Crippen molar-refractivity contribution in [1.29, 1.82) is 0 Å². The fourth-order valence-electron chi connectivity index (χ4n) is 3.07. The Bertz CT molecular complexity index is 942. The highest BCUT2D eigenvalue weighted by atomic mass is 35.5. The van der Waals surface area contributed by atoms with E-state index in [1.807, 2.05) is 18.2 Å². The van der Waals surface area contributed by atoms with E-state index in [4.69, 9.17) is 16.3 Å². The maximum absolute atomic E-state index is 13.1. The third-order valence-electron chi connectivity index (χ3n) is 4.57. The zero-order valence-corrected chi connectivity index (χ0v) is 15.7. The SMILES string of the molecule is OC(Nc1ccc(C2CNCCO2)cc1Cl)c1ccn(-c2ccc(F)cc2)n1. The second kappa shape index (κ2) is 8.28. The third-order valence-corrected chi connectivity index (χ3v) is 4.88. The number of rotatable bonds is 5. The first-order valence-corrected chi connectivity index (χ1v) is 9.36. The van der Waals surface area contributed by atoms with E-state index in [-0.39, 0.29) is 11.9 Å². The highest BCUT2D eigenvalue weighted by molar-refractivity contribution is 6.33. The molecule has 1 fully saturated rings. The van der Waals surface area contributed by atoms with Gasteiger partial charge >= 0.3 is 0 Å². The maximum Gasteiger partial charge on any atom is 0.169 e. The van der Waals surface area contributed by atoms with Crippen LogP contribution in [0.2, 0.25) is 5.02 Å². The number of aliphatic hydroxyl groups is 1. The van der Waals surface area contributed by atoms with Gasteiger partial charge < -0.3 is 20.5 Å². The summed E-state index contributed by atoms with van der Waals surface area (Å²) in [6.45, 7) is 2.25.